The zero-order valence-corrected chi connectivity index (χ0v) is 13.6. The second-order valence-electron chi connectivity index (χ2n) is 5.62. The lowest BCUT2D eigenvalue weighted by molar-refractivity contribution is 0.112. The van der Waals surface area contributed by atoms with Gasteiger partial charge in [-0.15, -0.1) is 0 Å². The third kappa shape index (κ3) is 2.64. The summed E-state index contributed by atoms with van der Waals surface area (Å²) in [5.74, 6) is 0.712. The number of carbonyl (C=O) groups excluding carboxylic acids is 1. The van der Waals surface area contributed by atoms with Gasteiger partial charge in [0.05, 0.1) is 18.7 Å². The van der Waals surface area contributed by atoms with Gasteiger partial charge in [-0.1, -0.05) is 6.07 Å². The van der Waals surface area contributed by atoms with Crippen molar-refractivity contribution < 1.29 is 9.53 Å². The van der Waals surface area contributed by atoms with Crippen LogP contribution < -0.4 is 4.90 Å². The fraction of sp³-hybridized carbons (Fsp3) is 0.235. The van der Waals surface area contributed by atoms with Gasteiger partial charge < -0.3 is 9.64 Å². The van der Waals surface area contributed by atoms with E-state index in [1.165, 1.54) is 4.09 Å². The van der Waals surface area contributed by atoms with E-state index in [4.69, 9.17) is 16.5 Å². The van der Waals surface area contributed by atoms with Gasteiger partial charge >= 0.3 is 0 Å². The Kier molecular flexibility index (Phi) is 3.92. The summed E-state index contributed by atoms with van der Waals surface area (Å²) in [5, 5.41) is 0.815. The standard InChI is InChI=1S/C17H15ClN4O2/c18-22-10-14(11-23)15-7-12(1-2-16(15)22)13-8-19-17(20-9-13)21-3-5-24-6-4-21/h1-2,7-11H,3-6H2. The Hall–Kier alpha value is -2.44. The quantitative estimate of drug-likeness (QED) is 0.685. The molecule has 0 unspecified atom stereocenters. The first kappa shape index (κ1) is 15.1. The lowest BCUT2D eigenvalue weighted by atomic mass is 10.1. The van der Waals surface area contributed by atoms with Crippen LogP contribution in [0.3, 0.4) is 0 Å². The van der Waals surface area contributed by atoms with Crippen LogP contribution in [0.25, 0.3) is 22.0 Å². The van der Waals surface area contributed by atoms with Crippen LogP contribution in [-0.4, -0.2) is 46.6 Å². The van der Waals surface area contributed by atoms with Crippen molar-refractivity contribution in [3.05, 3.63) is 42.4 Å². The van der Waals surface area contributed by atoms with E-state index in [-0.39, 0.29) is 0 Å². The van der Waals surface area contributed by atoms with E-state index in [9.17, 15) is 4.79 Å². The lowest BCUT2D eigenvalue weighted by Crippen LogP contribution is -2.37. The molecule has 1 saturated heterocycles. The number of halogens is 1. The Balaban J connectivity index is 1.68. The molecule has 7 heteroatoms. The number of hydrogen-bond acceptors (Lipinski definition) is 5. The normalized spacial score (nSPS) is 15.0. The number of anilines is 1. The predicted octanol–water partition coefficient (Wildman–Crippen LogP) is 2.75. The molecule has 1 aromatic carbocycles. The summed E-state index contributed by atoms with van der Waals surface area (Å²) in [6.07, 6.45) is 6.03. The zero-order valence-electron chi connectivity index (χ0n) is 12.9. The van der Waals surface area contributed by atoms with Crippen molar-refractivity contribution in [3.8, 4) is 11.1 Å². The molecule has 6 nitrogen and oxygen atoms in total. The number of carbonyl (C=O) groups is 1. The third-order valence-corrected chi connectivity index (χ3v) is 4.46. The summed E-state index contributed by atoms with van der Waals surface area (Å²) in [5.41, 5.74) is 3.20. The highest BCUT2D eigenvalue weighted by atomic mass is 35.5. The summed E-state index contributed by atoms with van der Waals surface area (Å²) in [7, 11) is 0. The highest BCUT2D eigenvalue weighted by Gasteiger charge is 2.14. The number of benzene rings is 1. The van der Waals surface area contributed by atoms with Gasteiger partial charge in [-0.05, 0) is 17.7 Å². The highest BCUT2D eigenvalue weighted by Crippen LogP contribution is 2.28. The Bertz CT molecular complexity index is 885. The van der Waals surface area contributed by atoms with Crippen LogP contribution in [0.5, 0.6) is 0 Å². The second kappa shape index (κ2) is 6.22. The number of aromatic nitrogens is 3. The SMILES string of the molecule is O=Cc1cn(Cl)c2ccc(-c3cnc(N4CCOCC4)nc3)cc12. The van der Waals surface area contributed by atoms with Gasteiger partial charge in [0.25, 0.3) is 0 Å². The molecule has 0 aliphatic carbocycles. The summed E-state index contributed by atoms with van der Waals surface area (Å²) in [6.45, 7) is 3.01. The van der Waals surface area contributed by atoms with Gasteiger partial charge in [0, 0.05) is 60.0 Å². The Labute approximate surface area is 143 Å². The van der Waals surface area contributed by atoms with Gasteiger partial charge in [-0.3, -0.25) is 8.88 Å². The van der Waals surface area contributed by atoms with Crippen molar-refractivity contribution in [1.82, 2.24) is 14.1 Å². The van der Waals surface area contributed by atoms with Gasteiger partial charge in [0.1, 0.15) is 0 Å². The fourth-order valence-electron chi connectivity index (χ4n) is 2.89. The van der Waals surface area contributed by atoms with Gasteiger partial charge in [-0.25, -0.2) is 9.97 Å². The highest BCUT2D eigenvalue weighted by molar-refractivity contribution is 6.20. The van der Waals surface area contributed by atoms with Crippen LogP contribution in [0.4, 0.5) is 5.95 Å². The van der Waals surface area contributed by atoms with E-state index in [2.05, 4.69) is 14.9 Å². The molecule has 1 fully saturated rings. The third-order valence-electron chi connectivity index (χ3n) is 4.18. The van der Waals surface area contributed by atoms with Crippen molar-refractivity contribution in [3.63, 3.8) is 0 Å². The first-order valence-corrected chi connectivity index (χ1v) is 8.01. The first-order chi connectivity index (χ1) is 11.8. The topological polar surface area (TPSA) is 60.2 Å². The molecule has 0 bridgehead atoms. The minimum absolute atomic E-state index is 0.563. The maximum atomic E-state index is 11.2. The Morgan fingerprint density at radius 2 is 1.88 bits per heavy atom. The average Bonchev–Trinajstić information content (AvgIpc) is 2.98. The van der Waals surface area contributed by atoms with Gasteiger partial charge in [0.15, 0.2) is 6.29 Å². The fourth-order valence-corrected chi connectivity index (χ4v) is 3.14. The molecule has 3 aromatic rings. The molecule has 122 valence electrons. The Morgan fingerprint density at radius 1 is 1.12 bits per heavy atom. The molecule has 0 saturated carbocycles. The van der Waals surface area contributed by atoms with E-state index < -0.39 is 0 Å². The minimum Gasteiger partial charge on any atom is -0.378 e. The van der Waals surface area contributed by atoms with E-state index in [1.54, 1.807) is 18.6 Å². The number of fused-ring (bicyclic) bond motifs is 1. The molecule has 0 radical (unpaired) electrons. The van der Waals surface area contributed by atoms with Crippen LogP contribution in [-0.2, 0) is 4.74 Å². The molecule has 0 amide bonds. The van der Waals surface area contributed by atoms with Gasteiger partial charge in [0.2, 0.25) is 5.95 Å². The van der Waals surface area contributed by atoms with Crippen LogP contribution >= 0.6 is 11.8 Å². The predicted molar refractivity (Wildman–Crippen MR) is 92.6 cm³/mol. The first-order valence-electron chi connectivity index (χ1n) is 7.68. The number of aldehydes is 1. The molecule has 1 aliphatic heterocycles. The van der Waals surface area contributed by atoms with E-state index >= 15 is 0 Å². The van der Waals surface area contributed by atoms with Crippen molar-refractivity contribution in [2.24, 2.45) is 0 Å². The Morgan fingerprint density at radius 3 is 2.58 bits per heavy atom. The molecule has 4 rings (SSSR count). The zero-order chi connectivity index (χ0) is 16.5. The second-order valence-corrected chi connectivity index (χ2v) is 5.98. The van der Waals surface area contributed by atoms with E-state index in [0.29, 0.717) is 24.7 Å². The summed E-state index contributed by atoms with van der Waals surface area (Å²) >= 11 is 6.08. The smallest absolute Gasteiger partial charge is 0.225 e. The largest absolute Gasteiger partial charge is 0.378 e. The maximum Gasteiger partial charge on any atom is 0.225 e. The van der Waals surface area contributed by atoms with E-state index in [1.807, 2.05) is 18.2 Å². The van der Waals surface area contributed by atoms with Crippen LogP contribution in [0.1, 0.15) is 10.4 Å². The molecule has 1 aliphatic rings. The maximum absolute atomic E-state index is 11.2. The van der Waals surface area contributed by atoms with Crippen molar-refractivity contribution in [2.45, 2.75) is 0 Å². The molecular formula is C17H15ClN4O2. The molecule has 24 heavy (non-hydrogen) atoms. The number of morpholine rings is 1. The number of hydrogen-bond donors (Lipinski definition) is 0. The van der Waals surface area contributed by atoms with Crippen LogP contribution in [0.15, 0.2) is 36.8 Å². The number of nitrogens with zero attached hydrogens (tertiary/aromatic N) is 4. The van der Waals surface area contributed by atoms with Crippen LogP contribution in [0.2, 0.25) is 0 Å². The van der Waals surface area contributed by atoms with Gasteiger partial charge in [-0.2, -0.15) is 0 Å². The van der Waals surface area contributed by atoms with Crippen LogP contribution in [0, 0.1) is 0 Å². The molecule has 0 N–H and O–H groups in total. The summed E-state index contributed by atoms with van der Waals surface area (Å²) in [6, 6.07) is 5.77. The molecule has 2 aromatic heterocycles. The number of rotatable bonds is 3. The summed E-state index contributed by atoms with van der Waals surface area (Å²) < 4.78 is 6.77. The molecule has 0 spiro atoms. The molecule has 3 heterocycles. The monoisotopic (exact) mass is 342 g/mol. The average molecular weight is 343 g/mol. The molecular weight excluding hydrogens is 328 g/mol. The van der Waals surface area contributed by atoms with Crippen molar-refractivity contribution in [2.75, 3.05) is 31.2 Å². The minimum atomic E-state index is 0.563. The van der Waals surface area contributed by atoms with Crippen molar-refractivity contribution in [1.29, 1.82) is 0 Å². The summed E-state index contributed by atoms with van der Waals surface area (Å²) in [4.78, 5) is 22.2. The van der Waals surface area contributed by atoms with Crippen molar-refractivity contribution >= 4 is 34.9 Å². The number of ether oxygens (including phenoxy) is 1. The molecule has 0 atom stereocenters. The lowest BCUT2D eigenvalue weighted by Gasteiger charge is -2.26. The van der Waals surface area contributed by atoms with E-state index in [0.717, 1.165) is 41.4 Å².